The van der Waals surface area contributed by atoms with Gasteiger partial charge in [0.05, 0.1) is 11.2 Å². The number of para-hydroxylation sites is 1. The summed E-state index contributed by atoms with van der Waals surface area (Å²) in [7, 11) is 4.25. The average molecular weight is 334 g/mol. The lowest BCUT2D eigenvalue weighted by Gasteiger charge is -2.23. The Morgan fingerprint density at radius 3 is 2.44 bits per heavy atom. The van der Waals surface area contributed by atoms with Crippen molar-refractivity contribution in [1.82, 2.24) is 19.8 Å². The predicted molar refractivity (Wildman–Crippen MR) is 103 cm³/mol. The van der Waals surface area contributed by atoms with Crippen molar-refractivity contribution in [1.29, 1.82) is 0 Å². The van der Waals surface area contributed by atoms with Gasteiger partial charge in [0.2, 0.25) is 0 Å². The van der Waals surface area contributed by atoms with Gasteiger partial charge in [-0.3, -0.25) is 14.9 Å². The quantitative estimate of drug-likeness (QED) is 0.630. The first-order valence-electron chi connectivity index (χ1n) is 8.82. The standard InChI is InChI=1S/C21H26N4/c1-24(2)14-7-15-25(17-19-8-5-6-12-22-19)16-18-11-13-23-21-10-4-3-9-20(18)21/h3-6,8-13H,7,14-17H2,1-2H3. The maximum absolute atomic E-state index is 4.50. The summed E-state index contributed by atoms with van der Waals surface area (Å²) < 4.78 is 0. The zero-order chi connectivity index (χ0) is 17.5. The van der Waals surface area contributed by atoms with Crippen LogP contribution >= 0.6 is 0 Å². The van der Waals surface area contributed by atoms with Crippen LogP contribution in [0, 0.1) is 0 Å². The van der Waals surface area contributed by atoms with E-state index in [-0.39, 0.29) is 0 Å². The summed E-state index contributed by atoms with van der Waals surface area (Å²) in [4.78, 5) is 13.7. The summed E-state index contributed by atoms with van der Waals surface area (Å²) in [6.07, 6.45) is 4.93. The van der Waals surface area contributed by atoms with Crippen LogP contribution in [0.3, 0.4) is 0 Å². The molecule has 25 heavy (non-hydrogen) atoms. The Bertz CT molecular complexity index is 781. The first kappa shape index (κ1) is 17.5. The molecule has 0 fully saturated rings. The lowest BCUT2D eigenvalue weighted by molar-refractivity contribution is 0.238. The van der Waals surface area contributed by atoms with E-state index in [0.717, 1.165) is 43.8 Å². The largest absolute Gasteiger partial charge is 0.309 e. The second kappa shape index (κ2) is 8.70. The maximum Gasteiger partial charge on any atom is 0.0705 e. The van der Waals surface area contributed by atoms with Crippen LogP contribution < -0.4 is 0 Å². The molecule has 0 radical (unpaired) electrons. The number of hydrogen-bond acceptors (Lipinski definition) is 4. The number of fused-ring (bicyclic) bond motifs is 1. The fourth-order valence-corrected chi connectivity index (χ4v) is 3.08. The van der Waals surface area contributed by atoms with E-state index in [1.165, 1.54) is 10.9 Å². The molecule has 3 rings (SSSR count). The Hall–Kier alpha value is -2.30. The van der Waals surface area contributed by atoms with E-state index < -0.39 is 0 Å². The Morgan fingerprint density at radius 2 is 1.64 bits per heavy atom. The molecule has 0 bridgehead atoms. The van der Waals surface area contributed by atoms with Crippen molar-refractivity contribution in [2.75, 3.05) is 27.2 Å². The minimum atomic E-state index is 0.866. The molecular weight excluding hydrogens is 308 g/mol. The molecule has 0 N–H and O–H groups in total. The predicted octanol–water partition coefficient (Wildman–Crippen LogP) is 3.58. The van der Waals surface area contributed by atoms with Crippen molar-refractivity contribution in [3.8, 4) is 0 Å². The minimum Gasteiger partial charge on any atom is -0.309 e. The second-order valence-electron chi connectivity index (χ2n) is 6.68. The van der Waals surface area contributed by atoms with E-state index in [1.807, 2.05) is 24.5 Å². The number of hydrogen-bond donors (Lipinski definition) is 0. The number of nitrogens with zero attached hydrogens (tertiary/aromatic N) is 4. The molecule has 0 aliphatic carbocycles. The highest BCUT2D eigenvalue weighted by Gasteiger charge is 2.10. The fraction of sp³-hybridized carbons (Fsp3) is 0.333. The van der Waals surface area contributed by atoms with Crippen LogP contribution in [0.4, 0.5) is 0 Å². The van der Waals surface area contributed by atoms with Gasteiger partial charge in [-0.15, -0.1) is 0 Å². The SMILES string of the molecule is CN(C)CCCN(Cc1ccccn1)Cc1ccnc2ccccc12. The van der Waals surface area contributed by atoms with Gasteiger partial charge in [0.1, 0.15) is 0 Å². The summed E-state index contributed by atoms with van der Waals surface area (Å²) in [5.74, 6) is 0. The number of aromatic nitrogens is 2. The summed E-state index contributed by atoms with van der Waals surface area (Å²) >= 11 is 0. The molecule has 0 saturated carbocycles. The Labute approximate surface area is 150 Å². The molecule has 2 aromatic heterocycles. The summed E-state index contributed by atoms with van der Waals surface area (Å²) in [5.41, 5.74) is 3.50. The highest BCUT2D eigenvalue weighted by Crippen LogP contribution is 2.19. The van der Waals surface area contributed by atoms with Crippen molar-refractivity contribution in [2.45, 2.75) is 19.5 Å². The molecule has 0 atom stereocenters. The molecule has 130 valence electrons. The van der Waals surface area contributed by atoms with Crippen molar-refractivity contribution in [2.24, 2.45) is 0 Å². The molecule has 0 amide bonds. The van der Waals surface area contributed by atoms with Gasteiger partial charge in [0.15, 0.2) is 0 Å². The third kappa shape index (κ3) is 5.08. The Kier molecular flexibility index (Phi) is 6.09. The van der Waals surface area contributed by atoms with Gasteiger partial charge in [-0.25, -0.2) is 0 Å². The normalized spacial score (nSPS) is 11.5. The summed E-state index contributed by atoms with van der Waals surface area (Å²) in [6, 6.07) is 16.6. The van der Waals surface area contributed by atoms with Gasteiger partial charge in [-0.2, -0.15) is 0 Å². The summed E-state index contributed by atoms with van der Waals surface area (Å²) in [6.45, 7) is 3.92. The highest BCUT2D eigenvalue weighted by atomic mass is 15.1. The van der Waals surface area contributed by atoms with E-state index in [9.17, 15) is 0 Å². The molecule has 2 heterocycles. The van der Waals surface area contributed by atoms with Crippen molar-refractivity contribution in [3.05, 3.63) is 72.2 Å². The topological polar surface area (TPSA) is 32.3 Å². The smallest absolute Gasteiger partial charge is 0.0705 e. The van der Waals surface area contributed by atoms with E-state index in [4.69, 9.17) is 0 Å². The molecular formula is C21H26N4. The van der Waals surface area contributed by atoms with Crippen LogP contribution in [-0.4, -0.2) is 47.0 Å². The third-order valence-electron chi connectivity index (χ3n) is 4.32. The number of benzene rings is 1. The van der Waals surface area contributed by atoms with Crippen molar-refractivity contribution < 1.29 is 0 Å². The highest BCUT2D eigenvalue weighted by molar-refractivity contribution is 5.81. The zero-order valence-electron chi connectivity index (χ0n) is 15.1. The Morgan fingerprint density at radius 1 is 0.800 bits per heavy atom. The van der Waals surface area contributed by atoms with Gasteiger partial charge in [-0.1, -0.05) is 24.3 Å². The average Bonchev–Trinajstić information content (AvgIpc) is 2.62. The van der Waals surface area contributed by atoms with Gasteiger partial charge in [0, 0.05) is 37.4 Å². The van der Waals surface area contributed by atoms with Crippen LogP contribution in [0.15, 0.2) is 60.9 Å². The van der Waals surface area contributed by atoms with Crippen LogP contribution in [0.2, 0.25) is 0 Å². The maximum atomic E-state index is 4.50. The molecule has 0 aliphatic heterocycles. The van der Waals surface area contributed by atoms with Crippen LogP contribution in [0.5, 0.6) is 0 Å². The monoisotopic (exact) mass is 334 g/mol. The van der Waals surface area contributed by atoms with Gasteiger partial charge < -0.3 is 4.90 Å². The van der Waals surface area contributed by atoms with Gasteiger partial charge in [0.25, 0.3) is 0 Å². The molecule has 0 saturated heterocycles. The molecule has 0 aliphatic rings. The van der Waals surface area contributed by atoms with Crippen LogP contribution in [0.1, 0.15) is 17.7 Å². The number of rotatable bonds is 8. The van der Waals surface area contributed by atoms with E-state index in [1.54, 1.807) is 0 Å². The van der Waals surface area contributed by atoms with Crippen LogP contribution in [0.25, 0.3) is 10.9 Å². The van der Waals surface area contributed by atoms with Crippen LogP contribution in [-0.2, 0) is 13.1 Å². The lowest BCUT2D eigenvalue weighted by atomic mass is 10.1. The van der Waals surface area contributed by atoms with Gasteiger partial charge in [-0.05, 0) is 56.9 Å². The first-order chi connectivity index (χ1) is 12.2. The van der Waals surface area contributed by atoms with E-state index in [2.05, 4.69) is 70.3 Å². The minimum absolute atomic E-state index is 0.866. The van der Waals surface area contributed by atoms with Gasteiger partial charge >= 0.3 is 0 Å². The summed E-state index contributed by atoms with van der Waals surface area (Å²) in [5, 5.41) is 1.24. The van der Waals surface area contributed by atoms with E-state index >= 15 is 0 Å². The Balaban J connectivity index is 1.78. The first-order valence-corrected chi connectivity index (χ1v) is 8.82. The van der Waals surface area contributed by atoms with Crippen molar-refractivity contribution >= 4 is 10.9 Å². The molecule has 0 spiro atoms. The number of pyridine rings is 2. The fourth-order valence-electron chi connectivity index (χ4n) is 3.08. The molecule has 0 unspecified atom stereocenters. The third-order valence-corrected chi connectivity index (χ3v) is 4.32. The molecule has 4 heteroatoms. The lowest BCUT2D eigenvalue weighted by Crippen LogP contribution is -2.27. The van der Waals surface area contributed by atoms with Crippen molar-refractivity contribution in [3.63, 3.8) is 0 Å². The molecule has 4 nitrogen and oxygen atoms in total. The molecule has 3 aromatic rings. The second-order valence-corrected chi connectivity index (χ2v) is 6.68. The zero-order valence-corrected chi connectivity index (χ0v) is 15.1. The molecule has 1 aromatic carbocycles. The van der Waals surface area contributed by atoms with E-state index in [0.29, 0.717) is 0 Å².